The van der Waals surface area contributed by atoms with Crippen LogP contribution in [-0.4, -0.2) is 31.6 Å². The Balaban J connectivity index is 2.81. The predicted octanol–water partition coefficient (Wildman–Crippen LogP) is 12.9. The molecule has 0 aliphatic heterocycles. The number of hydrogen-bond acceptors (Lipinski definition) is 0. The van der Waals surface area contributed by atoms with Crippen LogP contribution in [0.25, 0.3) is 22.3 Å². The zero-order valence-electron chi connectivity index (χ0n) is 33.0. The lowest BCUT2D eigenvalue weighted by Gasteiger charge is -2.45. The highest BCUT2D eigenvalue weighted by atomic mass is 29.9. The molecule has 4 heteroatoms. The van der Waals surface area contributed by atoms with Gasteiger partial charge in [0.15, 0.2) is 0 Å². The van der Waals surface area contributed by atoms with Gasteiger partial charge in [0.2, 0.25) is 0 Å². The first kappa shape index (κ1) is 39.0. The predicted molar refractivity (Wildman–Crippen MR) is 220 cm³/mol. The second-order valence-corrected chi connectivity index (χ2v) is 44.8. The Kier molecular flexibility index (Phi) is 13.0. The molecule has 0 heterocycles. The molecule has 3 aromatic carbocycles. The van der Waals surface area contributed by atoms with Gasteiger partial charge in [-0.15, -0.1) is 0 Å². The Morgan fingerprint density at radius 1 is 0.413 bits per heavy atom. The summed E-state index contributed by atoms with van der Waals surface area (Å²) in [6.07, 6.45) is 0. The maximum Gasteiger partial charge on any atom is 0.0629 e. The summed E-state index contributed by atoms with van der Waals surface area (Å²) in [4.78, 5) is 0. The topological polar surface area (TPSA) is 0 Å². The van der Waals surface area contributed by atoms with E-state index in [-0.39, 0.29) is 0 Å². The number of hydrogen-bond donors (Lipinski definition) is 0. The van der Waals surface area contributed by atoms with Crippen molar-refractivity contribution in [3.05, 3.63) is 75.8 Å². The lowest BCUT2D eigenvalue weighted by atomic mass is 9.79. The van der Waals surface area contributed by atoms with Gasteiger partial charge in [-0.2, -0.15) is 0 Å². The fourth-order valence-electron chi connectivity index (χ4n) is 8.16. The zero-order valence-corrected chi connectivity index (χ0v) is 37.0. The Hall–Kier alpha value is -1.47. The quantitative estimate of drug-likeness (QED) is 0.167. The van der Waals surface area contributed by atoms with Crippen LogP contribution >= 0.6 is 0 Å². The van der Waals surface area contributed by atoms with Crippen molar-refractivity contribution in [3.63, 3.8) is 0 Å². The highest BCUT2D eigenvalue weighted by molar-refractivity contribution is 7.83. The van der Waals surface area contributed by atoms with Gasteiger partial charge in [0, 0.05) is 24.9 Å². The van der Waals surface area contributed by atoms with E-state index in [9.17, 15) is 0 Å². The molecule has 3 radical (unpaired) electrons. The summed E-state index contributed by atoms with van der Waals surface area (Å²) in [6.45, 7) is 43.3. The average molecular weight is 684 g/mol. The van der Waals surface area contributed by atoms with Crippen molar-refractivity contribution < 1.29 is 0 Å². The van der Waals surface area contributed by atoms with Crippen molar-refractivity contribution in [3.8, 4) is 22.3 Å². The van der Waals surface area contributed by atoms with Crippen LogP contribution in [0.1, 0.15) is 152 Å². The summed E-state index contributed by atoms with van der Waals surface area (Å²) in [6, 6.07) is 17.9. The van der Waals surface area contributed by atoms with Crippen molar-refractivity contribution in [1.82, 2.24) is 0 Å². The maximum absolute atomic E-state index is 2.70. The van der Waals surface area contributed by atoms with Crippen molar-refractivity contribution in [2.24, 2.45) is 0 Å². The molecule has 0 aliphatic carbocycles. The summed E-state index contributed by atoms with van der Waals surface area (Å²) in [5.41, 5.74) is 15.6. The lowest BCUT2D eigenvalue weighted by molar-refractivity contribution is 0.807. The second-order valence-electron chi connectivity index (χ2n) is 16.6. The van der Waals surface area contributed by atoms with Crippen LogP contribution in [-0.2, 0) is 0 Å². The third-order valence-corrected chi connectivity index (χ3v) is 59.0. The highest BCUT2D eigenvalue weighted by Crippen LogP contribution is 2.44. The van der Waals surface area contributed by atoms with E-state index >= 15 is 0 Å². The van der Waals surface area contributed by atoms with E-state index in [2.05, 4.69) is 165 Å². The molecule has 0 saturated heterocycles. The minimum absolute atomic E-state index is 0.468. The average Bonchev–Trinajstić information content (AvgIpc) is 2.95. The molecule has 0 saturated carbocycles. The SMILES string of the molecule is CC(C)c1cc(C(C)C)c(-c2cccc(-c3c(C(C)C)cc(C(C)C)cc3C(C)C)c2[Si]([Si](C)C)([Si](C)C)[Si](C)C)c(C(C)C)c1. The molecule has 0 fully saturated rings. The summed E-state index contributed by atoms with van der Waals surface area (Å²) in [5.74, 6) is 2.92. The van der Waals surface area contributed by atoms with Gasteiger partial charge in [-0.3, -0.25) is 0 Å². The number of rotatable bonds is 12. The van der Waals surface area contributed by atoms with Crippen LogP contribution in [0.3, 0.4) is 0 Å². The standard InChI is InChI=1S/C42H67Si4/c1-26(2)32-22-36(28(5)6)40(37(23-32)29(7)8)34-20-19-21-35(42(34)46(43(13)14,44(15)16)45(17)18)41-38(30(9)10)24-33(27(3)4)25-39(41)31(11)12/h19-31H,1-18H3. The number of benzene rings is 3. The summed E-state index contributed by atoms with van der Waals surface area (Å²) < 4.78 is 0. The van der Waals surface area contributed by atoms with Gasteiger partial charge in [0.1, 0.15) is 0 Å². The Labute approximate surface area is 291 Å². The Morgan fingerprint density at radius 2 is 0.674 bits per heavy atom. The van der Waals surface area contributed by atoms with Crippen molar-refractivity contribution in [1.29, 1.82) is 0 Å². The van der Waals surface area contributed by atoms with Gasteiger partial charge < -0.3 is 0 Å². The summed E-state index contributed by atoms with van der Waals surface area (Å²) >= 11 is 0. The van der Waals surface area contributed by atoms with Crippen LogP contribution in [0, 0.1) is 0 Å². The molecule has 0 spiro atoms. The van der Waals surface area contributed by atoms with Gasteiger partial charge in [-0.05, 0) is 91.1 Å². The van der Waals surface area contributed by atoms with E-state index in [0.717, 1.165) is 0 Å². The molecule has 0 unspecified atom stereocenters. The molecular formula is C42H67Si4. The zero-order chi connectivity index (χ0) is 35.0. The molecule has 0 bridgehead atoms. The molecular weight excluding hydrogens is 617 g/mol. The van der Waals surface area contributed by atoms with Crippen LogP contribution in [0.2, 0.25) is 39.3 Å². The molecule has 0 aromatic heterocycles. The van der Waals surface area contributed by atoms with E-state index in [1.807, 2.05) is 5.19 Å². The van der Waals surface area contributed by atoms with Crippen LogP contribution in [0.15, 0.2) is 42.5 Å². The van der Waals surface area contributed by atoms with Crippen molar-refractivity contribution >= 4 is 36.8 Å². The molecule has 0 N–H and O–H groups in total. The first-order chi connectivity index (χ1) is 21.3. The van der Waals surface area contributed by atoms with E-state index in [1.54, 1.807) is 44.5 Å². The fourth-order valence-corrected chi connectivity index (χ4v) is 56.8. The van der Waals surface area contributed by atoms with E-state index in [1.165, 1.54) is 11.1 Å². The lowest BCUT2D eigenvalue weighted by Crippen LogP contribution is -2.75. The Morgan fingerprint density at radius 3 is 0.870 bits per heavy atom. The van der Waals surface area contributed by atoms with Crippen molar-refractivity contribution in [2.75, 3.05) is 0 Å². The molecule has 3 rings (SSSR count). The maximum atomic E-state index is 2.70. The fraction of sp³-hybridized carbons (Fsp3) is 0.571. The van der Waals surface area contributed by atoms with Gasteiger partial charge in [-0.1, -0.05) is 170 Å². The molecule has 0 nitrogen and oxygen atoms in total. The Bertz CT molecular complexity index is 1310. The minimum atomic E-state index is -1.85. The monoisotopic (exact) mass is 683 g/mol. The minimum Gasteiger partial charge on any atom is -0.0734 e. The first-order valence-electron chi connectivity index (χ1n) is 18.2. The van der Waals surface area contributed by atoms with E-state index < -0.39 is 31.6 Å². The molecule has 0 amide bonds. The van der Waals surface area contributed by atoms with Crippen LogP contribution < -0.4 is 5.19 Å². The molecule has 46 heavy (non-hydrogen) atoms. The molecule has 0 aliphatic rings. The molecule has 3 aromatic rings. The first-order valence-corrected chi connectivity index (χ1v) is 30.7. The summed E-state index contributed by atoms with van der Waals surface area (Å²) in [7, 11) is -1.76. The molecule has 251 valence electrons. The van der Waals surface area contributed by atoms with Crippen LogP contribution in [0.5, 0.6) is 0 Å². The largest absolute Gasteiger partial charge is 0.0734 e. The third kappa shape index (κ3) is 7.26. The van der Waals surface area contributed by atoms with Gasteiger partial charge in [0.05, 0.1) is 6.63 Å². The molecule has 0 atom stereocenters. The van der Waals surface area contributed by atoms with Crippen LogP contribution in [0.4, 0.5) is 0 Å². The second kappa shape index (κ2) is 15.4. The van der Waals surface area contributed by atoms with Gasteiger partial charge in [0.25, 0.3) is 0 Å². The summed E-state index contributed by atoms with van der Waals surface area (Å²) in [5, 5.41) is 1.86. The van der Waals surface area contributed by atoms with Gasteiger partial charge in [-0.25, -0.2) is 0 Å². The van der Waals surface area contributed by atoms with Crippen molar-refractivity contribution in [2.45, 2.75) is 158 Å². The highest BCUT2D eigenvalue weighted by Gasteiger charge is 2.49. The van der Waals surface area contributed by atoms with Gasteiger partial charge >= 0.3 is 0 Å². The smallest absolute Gasteiger partial charge is 0.0629 e. The normalized spacial score (nSPS) is 13.0. The third-order valence-electron chi connectivity index (χ3n) is 10.5. The van der Waals surface area contributed by atoms with E-state index in [0.29, 0.717) is 35.5 Å². The van der Waals surface area contributed by atoms with E-state index in [4.69, 9.17) is 0 Å².